The fraction of sp³-hybridized carbons (Fsp3) is 0.250. The number of aryl methyl sites for hydroxylation is 1. The molecule has 2 aromatic rings. The first-order chi connectivity index (χ1) is 10.6. The molecule has 0 spiro atoms. The van der Waals surface area contributed by atoms with E-state index in [1.165, 1.54) is 6.26 Å². The third-order valence-corrected chi connectivity index (χ3v) is 3.25. The summed E-state index contributed by atoms with van der Waals surface area (Å²) in [5.41, 5.74) is 4.80. The Morgan fingerprint density at radius 2 is 2.09 bits per heavy atom. The number of carbonyl (C=O) groups is 1. The van der Waals surface area contributed by atoms with Gasteiger partial charge in [-0.15, -0.1) is 0 Å². The lowest BCUT2D eigenvalue weighted by Crippen LogP contribution is -2.20. The molecule has 0 bridgehead atoms. The van der Waals surface area contributed by atoms with E-state index >= 15 is 0 Å². The summed E-state index contributed by atoms with van der Waals surface area (Å²) in [6, 6.07) is 9.24. The van der Waals surface area contributed by atoms with Gasteiger partial charge >= 0.3 is 0 Å². The molecule has 0 radical (unpaired) electrons. The molecule has 6 nitrogen and oxygen atoms in total. The summed E-state index contributed by atoms with van der Waals surface area (Å²) in [4.78, 5) is 13.8. The van der Waals surface area contributed by atoms with Crippen molar-refractivity contribution in [2.75, 3.05) is 25.1 Å². The van der Waals surface area contributed by atoms with E-state index in [-0.39, 0.29) is 12.5 Å². The number of amides is 1. The zero-order chi connectivity index (χ0) is 15.9. The largest absolute Gasteiger partial charge is 0.469 e. The number of nitrogens with zero attached hydrogens (tertiary/aromatic N) is 2. The van der Waals surface area contributed by atoms with E-state index in [1.807, 2.05) is 36.2 Å². The van der Waals surface area contributed by atoms with Crippen LogP contribution in [0.5, 0.6) is 0 Å². The number of hydrogen-bond donors (Lipinski definition) is 2. The highest BCUT2D eigenvalue weighted by Gasteiger charge is 2.09. The number of aliphatic hydroxyl groups excluding tert-OH is 1. The van der Waals surface area contributed by atoms with Crippen molar-refractivity contribution < 1.29 is 14.3 Å². The Bertz CT molecular complexity index is 647. The number of benzene rings is 1. The molecule has 1 amide bonds. The van der Waals surface area contributed by atoms with Crippen molar-refractivity contribution in [2.24, 2.45) is 5.10 Å². The van der Waals surface area contributed by atoms with Crippen LogP contribution in [0.4, 0.5) is 5.69 Å². The predicted octanol–water partition coefficient (Wildman–Crippen LogP) is 1.78. The first-order valence-electron chi connectivity index (χ1n) is 6.91. The molecule has 2 rings (SSSR count). The van der Waals surface area contributed by atoms with Crippen LogP contribution in [-0.4, -0.2) is 37.4 Å². The third-order valence-electron chi connectivity index (χ3n) is 3.25. The molecule has 0 unspecified atom stereocenters. The van der Waals surface area contributed by atoms with Gasteiger partial charge in [0, 0.05) is 19.3 Å². The summed E-state index contributed by atoms with van der Waals surface area (Å²) >= 11 is 0. The maximum atomic E-state index is 11.8. The van der Waals surface area contributed by atoms with E-state index in [1.54, 1.807) is 19.2 Å². The van der Waals surface area contributed by atoms with Crippen molar-refractivity contribution >= 4 is 17.8 Å². The maximum absolute atomic E-state index is 11.8. The summed E-state index contributed by atoms with van der Waals surface area (Å²) < 4.78 is 5.07. The van der Waals surface area contributed by atoms with Gasteiger partial charge in [-0.3, -0.25) is 4.79 Å². The Kier molecular flexibility index (Phi) is 5.32. The van der Waals surface area contributed by atoms with E-state index in [0.717, 1.165) is 11.3 Å². The predicted molar refractivity (Wildman–Crippen MR) is 85.3 cm³/mol. The third kappa shape index (κ3) is 3.95. The van der Waals surface area contributed by atoms with E-state index in [9.17, 15) is 4.79 Å². The first-order valence-corrected chi connectivity index (χ1v) is 6.91. The summed E-state index contributed by atoms with van der Waals surface area (Å²) in [5.74, 6) is 0.255. The van der Waals surface area contributed by atoms with Crippen LogP contribution in [-0.2, 0) is 0 Å². The fourth-order valence-corrected chi connectivity index (χ4v) is 1.94. The average molecular weight is 301 g/mol. The second-order valence-electron chi connectivity index (χ2n) is 4.83. The molecule has 22 heavy (non-hydrogen) atoms. The van der Waals surface area contributed by atoms with Crippen molar-refractivity contribution in [2.45, 2.75) is 6.92 Å². The number of likely N-dealkylation sites (N-methyl/N-ethyl adjacent to an activating group) is 1. The van der Waals surface area contributed by atoms with E-state index in [2.05, 4.69) is 10.5 Å². The molecule has 0 aliphatic rings. The molecule has 0 saturated heterocycles. The van der Waals surface area contributed by atoms with Gasteiger partial charge in [-0.2, -0.15) is 5.10 Å². The lowest BCUT2D eigenvalue weighted by Gasteiger charge is -2.17. The standard InChI is InChI=1S/C16H19N3O3/c1-12-15(7-10-22-12)16(21)18-17-11-13-3-5-14(6-4-13)19(2)8-9-20/h3-7,10-11,20H,8-9H2,1-2H3,(H,18,21)/b17-11+. The summed E-state index contributed by atoms with van der Waals surface area (Å²) in [5, 5.41) is 12.8. The Morgan fingerprint density at radius 1 is 1.36 bits per heavy atom. The topological polar surface area (TPSA) is 78.1 Å². The number of carbonyl (C=O) groups excluding carboxylic acids is 1. The van der Waals surface area contributed by atoms with Gasteiger partial charge in [0.1, 0.15) is 5.76 Å². The normalized spacial score (nSPS) is 10.9. The van der Waals surface area contributed by atoms with Gasteiger partial charge in [-0.1, -0.05) is 12.1 Å². The molecule has 0 aliphatic carbocycles. The van der Waals surface area contributed by atoms with Crippen LogP contribution in [0.2, 0.25) is 0 Å². The van der Waals surface area contributed by atoms with Crippen LogP contribution in [0, 0.1) is 6.92 Å². The number of nitrogens with one attached hydrogen (secondary N) is 1. The zero-order valence-corrected chi connectivity index (χ0v) is 12.6. The second-order valence-corrected chi connectivity index (χ2v) is 4.83. The van der Waals surface area contributed by atoms with Crippen molar-refractivity contribution in [1.29, 1.82) is 0 Å². The van der Waals surface area contributed by atoms with Crippen LogP contribution in [0.15, 0.2) is 46.1 Å². The Balaban J connectivity index is 1.93. The fourth-order valence-electron chi connectivity index (χ4n) is 1.94. The molecule has 0 fully saturated rings. The van der Waals surface area contributed by atoms with Gasteiger partial charge in [-0.05, 0) is 30.7 Å². The smallest absolute Gasteiger partial charge is 0.274 e. The van der Waals surface area contributed by atoms with Gasteiger partial charge in [0.25, 0.3) is 5.91 Å². The minimum Gasteiger partial charge on any atom is -0.469 e. The van der Waals surface area contributed by atoms with Crippen LogP contribution >= 0.6 is 0 Å². The van der Waals surface area contributed by atoms with E-state index in [4.69, 9.17) is 9.52 Å². The first kappa shape index (κ1) is 15.8. The van der Waals surface area contributed by atoms with Crippen molar-refractivity contribution in [3.05, 3.63) is 53.5 Å². The van der Waals surface area contributed by atoms with Crippen LogP contribution in [0.3, 0.4) is 0 Å². The molecule has 0 atom stereocenters. The zero-order valence-electron chi connectivity index (χ0n) is 12.6. The molecule has 1 heterocycles. The number of anilines is 1. The number of hydrazone groups is 1. The lowest BCUT2D eigenvalue weighted by atomic mass is 10.2. The van der Waals surface area contributed by atoms with Gasteiger partial charge in [0.2, 0.25) is 0 Å². The summed E-state index contributed by atoms with van der Waals surface area (Å²) in [6.45, 7) is 2.41. The van der Waals surface area contributed by atoms with Crippen LogP contribution in [0.25, 0.3) is 0 Å². The Labute approximate surface area is 129 Å². The summed E-state index contributed by atoms with van der Waals surface area (Å²) in [7, 11) is 1.91. The number of furan rings is 1. The highest BCUT2D eigenvalue weighted by Crippen LogP contribution is 2.12. The van der Waals surface area contributed by atoms with E-state index < -0.39 is 0 Å². The maximum Gasteiger partial charge on any atom is 0.274 e. The van der Waals surface area contributed by atoms with Crippen LogP contribution < -0.4 is 10.3 Å². The van der Waals surface area contributed by atoms with E-state index in [0.29, 0.717) is 17.9 Å². The molecule has 1 aromatic heterocycles. The lowest BCUT2D eigenvalue weighted by molar-refractivity contribution is 0.0953. The molecule has 2 N–H and O–H groups in total. The Hall–Kier alpha value is -2.60. The number of hydrogen-bond acceptors (Lipinski definition) is 5. The van der Waals surface area contributed by atoms with Crippen molar-refractivity contribution in [3.63, 3.8) is 0 Å². The second kappa shape index (κ2) is 7.42. The highest BCUT2D eigenvalue weighted by molar-refractivity contribution is 5.95. The van der Waals surface area contributed by atoms with Gasteiger partial charge in [-0.25, -0.2) is 5.43 Å². The molecule has 0 aliphatic heterocycles. The minimum absolute atomic E-state index is 0.110. The van der Waals surface area contributed by atoms with Crippen molar-refractivity contribution in [1.82, 2.24) is 5.43 Å². The molecular weight excluding hydrogens is 282 g/mol. The number of rotatable bonds is 6. The average Bonchev–Trinajstić information content (AvgIpc) is 2.94. The highest BCUT2D eigenvalue weighted by atomic mass is 16.3. The van der Waals surface area contributed by atoms with Crippen molar-refractivity contribution in [3.8, 4) is 0 Å². The van der Waals surface area contributed by atoms with Gasteiger partial charge in [0.15, 0.2) is 0 Å². The molecule has 116 valence electrons. The molecule has 6 heteroatoms. The van der Waals surface area contributed by atoms with Gasteiger partial charge < -0.3 is 14.4 Å². The Morgan fingerprint density at radius 3 is 2.68 bits per heavy atom. The molecule has 1 aromatic carbocycles. The van der Waals surface area contributed by atoms with Crippen LogP contribution in [0.1, 0.15) is 21.7 Å². The minimum atomic E-state index is -0.304. The quantitative estimate of drug-likeness (QED) is 0.630. The number of aliphatic hydroxyl groups is 1. The summed E-state index contributed by atoms with van der Waals surface area (Å²) in [6.07, 6.45) is 3.04. The monoisotopic (exact) mass is 301 g/mol. The molecule has 0 saturated carbocycles. The molecular formula is C16H19N3O3. The van der Waals surface area contributed by atoms with Gasteiger partial charge in [0.05, 0.1) is 24.6 Å². The SMILES string of the molecule is Cc1occc1C(=O)N/N=C/c1ccc(N(C)CCO)cc1.